The third kappa shape index (κ3) is 2.72. The highest BCUT2D eigenvalue weighted by Gasteiger charge is 2.21. The number of aromatic nitrogens is 2. The van der Waals surface area contributed by atoms with E-state index in [1.165, 1.54) is 12.8 Å². The fourth-order valence-corrected chi connectivity index (χ4v) is 2.15. The van der Waals surface area contributed by atoms with E-state index in [0.29, 0.717) is 22.3 Å². The van der Waals surface area contributed by atoms with Crippen LogP contribution in [0.2, 0.25) is 5.02 Å². The average Bonchev–Trinajstić information content (AvgIpc) is 3.23. The second-order valence-electron chi connectivity index (χ2n) is 4.78. The number of halogens is 1. The minimum absolute atomic E-state index is 0.301. The maximum atomic E-state index is 11.1. The number of anilines is 1. The van der Waals surface area contributed by atoms with Gasteiger partial charge in [0.1, 0.15) is 5.82 Å². The Labute approximate surface area is 121 Å². The molecule has 6 heteroatoms. The van der Waals surface area contributed by atoms with Crippen molar-refractivity contribution in [2.24, 2.45) is 5.73 Å². The van der Waals surface area contributed by atoms with E-state index in [9.17, 15) is 4.79 Å². The summed E-state index contributed by atoms with van der Waals surface area (Å²) in [6.45, 7) is 0. The van der Waals surface area contributed by atoms with Gasteiger partial charge in [-0.1, -0.05) is 17.7 Å². The summed E-state index contributed by atoms with van der Waals surface area (Å²) in [5.41, 5.74) is 7.01. The summed E-state index contributed by atoms with van der Waals surface area (Å²) < 4.78 is 0. The van der Waals surface area contributed by atoms with Crippen molar-refractivity contribution in [3.05, 3.63) is 40.9 Å². The second kappa shape index (κ2) is 5.09. The van der Waals surface area contributed by atoms with Crippen LogP contribution in [0.5, 0.6) is 0 Å². The molecule has 0 aliphatic heterocycles. The van der Waals surface area contributed by atoms with E-state index in [1.807, 2.05) is 12.1 Å². The van der Waals surface area contributed by atoms with Gasteiger partial charge in [0.2, 0.25) is 5.91 Å². The monoisotopic (exact) mass is 288 g/mol. The van der Waals surface area contributed by atoms with Crippen molar-refractivity contribution in [2.75, 3.05) is 5.32 Å². The Kier molecular flexibility index (Phi) is 3.28. The van der Waals surface area contributed by atoms with E-state index in [4.69, 9.17) is 17.3 Å². The molecule has 0 bridgehead atoms. The largest absolute Gasteiger partial charge is 0.366 e. The van der Waals surface area contributed by atoms with Gasteiger partial charge < -0.3 is 11.1 Å². The molecule has 3 N–H and O–H groups in total. The molecular formula is C14H13ClN4O. The average molecular weight is 289 g/mol. The minimum Gasteiger partial charge on any atom is -0.366 e. The zero-order chi connectivity index (χ0) is 14.1. The van der Waals surface area contributed by atoms with Crippen molar-refractivity contribution in [1.29, 1.82) is 0 Å². The first-order valence-electron chi connectivity index (χ1n) is 6.33. The summed E-state index contributed by atoms with van der Waals surface area (Å²) in [4.78, 5) is 11.1. The van der Waals surface area contributed by atoms with Crippen LogP contribution in [0.15, 0.2) is 30.3 Å². The van der Waals surface area contributed by atoms with Crippen LogP contribution in [0.3, 0.4) is 0 Å². The fraction of sp³-hybridized carbons (Fsp3) is 0.214. The van der Waals surface area contributed by atoms with E-state index in [1.54, 1.807) is 18.2 Å². The lowest BCUT2D eigenvalue weighted by Gasteiger charge is -2.06. The van der Waals surface area contributed by atoms with Crippen LogP contribution in [0.1, 0.15) is 23.2 Å². The van der Waals surface area contributed by atoms with Gasteiger partial charge in [0.15, 0.2) is 0 Å². The highest BCUT2D eigenvalue weighted by atomic mass is 35.5. The number of carbonyl (C=O) groups is 1. The SMILES string of the molecule is NC(=O)c1ccc(-c2ccc(NC3CC3)nn2)cc1Cl. The molecule has 1 amide bonds. The van der Waals surface area contributed by atoms with Gasteiger partial charge in [-0.3, -0.25) is 4.79 Å². The lowest BCUT2D eigenvalue weighted by molar-refractivity contribution is 0.100. The van der Waals surface area contributed by atoms with Crippen LogP contribution in [0, 0.1) is 0 Å². The van der Waals surface area contributed by atoms with Gasteiger partial charge in [-0.15, -0.1) is 10.2 Å². The maximum absolute atomic E-state index is 11.1. The van der Waals surface area contributed by atoms with Crippen LogP contribution in [0.4, 0.5) is 5.82 Å². The van der Waals surface area contributed by atoms with Crippen molar-refractivity contribution in [3.8, 4) is 11.3 Å². The summed E-state index contributed by atoms with van der Waals surface area (Å²) in [5, 5.41) is 11.9. The van der Waals surface area contributed by atoms with Gasteiger partial charge in [-0.05, 0) is 37.1 Å². The zero-order valence-electron chi connectivity index (χ0n) is 10.6. The third-order valence-corrected chi connectivity index (χ3v) is 3.44. The molecule has 1 fully saturated rings. The maximum Gasteiger partial charge on any atom is 0.250 e. The van der Waals surface area contributed by atoms with Crippen molar-refractivity contribution in [2.45, 2.75) is 18.9 Å². The first-order chi connectivity index (χ1) is 9.63. The number of hydrogen-bond acceptors (Lipinski definition) is 4. The molecule has 0 radical (unpaired) electrons. The lowest BCUT2D eigenvalue weighted by atomic mass is 10.1. The van der Waals surface area contributed by atoms with Gasteiger partial charge in [-0.25, -0.2) is 0 Å². The number of nitrogens with zero attached hydrogens (tertiary/aromatic N) is 2. The van der Waals surface area contributed by atoms with Crippen LogP contribution in [-0.2, 0) is 0 Å². The summed E-state index contributed by atoms with van der Waals surface area (Å²) in [6.07, 6.45) is 2.38. The van der Waals surface area contributed by atoms with Crippen molar-refractivity contribution < 1.29 is 4.79 Å². The van der Waals surface area contributed by atoms with E-state index in [2.05, 4.69) is 15.5 Å². The van der Waals surface area contributed by atoms with Crippen molar-refractivity contribution in [1.82, 2.24) is 10.2 Å². The number of nitrogens with two attached hydrogens (primary N) is 1. The molecule has 102 valence electrons. The first-order valence-corrected chi connectivity index (χ1v) is 6.71. The predicted molar refractivity (Wildman–Crippen MR) is 77.6 cm³/mol. The number of carbonyl (C=O) groups excluding carboxylic acids is 1. The molecule has 3 rings (SSSR count). The molecule has 1 heterocycles. The van der Waals surface area contributed by atoms with Gasteiger partial charge in [0, 0.05) is 11.6 Å². The van der Waals surface area contributed by atoms with Crippen molar-refractivity contribution >= 4 is 23.3 Å². The Morgan fingerprint density at radius 3 is 2.60 bits per heavy atom. The molecule has 1 aliphatic rings. The Hall–Kier alpha value is -2.14. The second-order valence-corrected chi connectivity index (χ2v) is 5.19. The third-order valence-electron chi connectivity index (χ3n) is 3.12. The Balaban J connectivity index is 1.84. The number of primary amides is 1. The van der Waals surface area contributed by atoms with E-state index >= 15 is 0 Å². The molecule has 0 unspecified atom stereocenters. The summed E-state index contributed by atoms with van der Waals surface area (Å²) >= 11 is 6.02. The summed E-state index contributed by atoms with van der Waals surface area (Å²) in [7, 11) is 0. The molecule has 0 atom stereocenters. The minimum atomic E-state index is -0.545. The van der Waals surface area contributed by atoms with E-state index in [-0.39, 0.29) is 0 Å². The van der Waals surface area contributed by atoms with Crippen LogP contribution < -0.4 is 11.1 Å². The van der Waals surface area contributed by atoms with Crippen LogP contribution >= 0.6 is 11.6 Å². The van der Waals surface area contributed by atoms with Gasteiger partial charge in [-0.2, -0.15) is 0 Å². The highest BCUT2D eigenvalue weighted by molar-refractivity contribution is 6.34. The van der Waals surface area contributed by atoms with Gasteiger partial charge in [0.25, 0.3) is 0 Å². The highest BCUT2D eigenvalue weighted by Crippen LogP contribution is 2.26. The molecular weight excluding hydrogens is 276 g/mol. The molecule has 1 aromatic heterocycles. The van der Waals surface area contributed by atoms with Gasteiger partial charge in [0.05, 0.1) is 16.3 Å². The molecule has 5 nitrogen and oxygen atoms in total. The smallest absolute Gasteiger partial charge is 0.250 e. The number of benzene rings is 1. The number of hydrogen-bond donors (Lipinski definition) is 2. The van der Waals surface area contributed by atoms with Crippen LogP contribution in [0.25, 0.3) is 11.3 Å². The number of nitrogens with one attached hydrogen (secondary N) is 1. The normalized spacial score (nSPS) is 14.1. The molecule has 1 aromatic carbocycles. The fourth-order valence-electron chi connectivity index (χ4n) is 1.87. The quantitative estimate of drug-likeness (QED) is 0.905. The molecule has 1 aliphatic carbocycles. The standard InChI is InChI=1S/C14H13ClN4O/c15-11-7-8(1-4-10(11)14(16)20)12-5-6-13(19-18-12)17-9-2-3-9/h1,4-7,9H,2-3H2,(H2,16,20)(H,17,19). The number of amides is 1. The molecule has 0 spiro atoms. The van der Waals surface area contributed by atoms with E-state index < -0.39 is 5.91 Å². The molecule has 0 saturated heterocycles. The Morgan fingerprint density at radius 2 is 2.05 bits per heavy atom. The first kappa shape index (κ1) is 12.9. The number of rotatable bonds is 4. The molecule has 2 aromatic rings. The predicted octanol–water partition coefficient (Wildman–Crippen LogP) is 2.47. The Morgan fingerprint density at radius 1 is 1.25 bits per heavy atom. The summed E-state index contributed by atoms with van der Waals surface area (Å²) in [5.74, 6) is 0.229. The van der Waals surface area contributed by atoms with Gasteiger partial charge >= 0.3 is 0 Å². The lowest BCUT2D eigenvalue weighted by Crippen LogP contribution is -2.11. The molecule has 1 saturated carbocycles. The van der Waals surface area contributed by atoms with Crippen molar-refractivity contribution in [3.63, 3.8) is 0 Å². The summed E-state index contributed by atoms with van der Waals surface area (Å²) in [6, 6.07) is 9.31. The topological polar surface area (TPSA) is 80.9 Å². The Bertz CT molecular complexity index is 653. The molecule has 20 heavy (non-hydrogen) atoms. The zero-order valence-corrected chi connectivity index (χ0v) is 11.4. The van der Waals surface area contributed by atoms with E-state index in [0.717, 1.165) is 11.4 Å². The van der Waals surface area contributed by atoms with Crippen LogP contribution in [-0.4, -0.2) is 22.1 Å².